The maximum absolute atomic E-state index is 12.9. The Kier molecular flexibility index (Phi) is 5.55. The van der Waals surface area contributed by atoms with Crippen molar-refractivity contribution < 1.29 is 13.9 Å². The van der Waals surface area contributed by atoms with Gasteiger partial charge < -0.3 is 10.1 Å². The first kappa shape index (κ1) is 18.6. The molecule has 0 atom stereocenters. The highest BCUT2D eigenvalue weighted by atomic mass is 19.1. The third kappa shape index (κ3) is 4.73. The largest absolute Gasteiger partial charge is 0.484 e. The number of hydrogen-bond acceptors (Lipinski definition) is 2. The summed E-state index contributed by atoms with van der Waals surface area (Å²) in [5, 5.41) is 2.67. The second-order valence-electron chi connectivity index (χ2n) is 6.86. The molecule has 0 aromatic heterocycles. The Hall–Kier alpha value is -3.14. The summed E-state index contributed by atoms with van der Waals surface area (Å²) in [6, 6.07) is 23.7. The highest BCUT2D eigenvalue weighted by molar-refractivity contribution is 5.91. The van der Waals surface area contributed by atoms with E-state index in [1.807, 2.05) is 42.5 Å². The van der Waals surface area contributed by atoms with Crippen molar-refractivity contribution >= 4 is 11.6 Å². The van der Waals surface area contributed by atoms with Crippen LogP contribution < -0.4 is 10.1 Å². The predicted molar refractivity (Wildman–Crippen MR) is 106 cm³/mol. The zero-order chi connectivity index (χ0) is 19.3. The summed E-state index contributed by atoms with van der Waals surface area (Å²) >= 11 is 0. The Bertz CT molecular complexity index is 888. The normalized spacial score (nSPS) is 11.1. The molecule has 4 heteroatoms. The monoisotopic (exact) mass is 363 g/mol. The van der Waals surface area contributed by atoms with E-state index in [4.69, 9.17) is 4.74 Å². The summed E-state index contributed by atoms with van der Waals surface area (Å²) in [4.78, 5) is 12.0. The first-order chi connectivity index (χ1) is 12.9. The predicted octanol–water partition coefficient (Wildman–Crippen LogP) is 5.17. The van der Waals surface area contributed by atoms with Crippen LogP contribution in [0.3, 0.4) is 0 Å². The lowest BCUT2D eigenvalue weighted by Crippen LogP contribution is -2.20. The van der Waals surface area contributed by atoms with E-state index < -0.39 is 0 Å². The van der Waals surface area contributed by atoms with Crippen molar-refractivity contribution in [2.24, 2.45) is 0 Å². The van der Waals surface area contributed by atoms with Gasteiger partial charge in [-0.05, 0) is 47.5 Å². The summed E-state index contributed by atoms with van der Waals surface area (Å²) in [7, 11) is 0. The molecule has 3 nitrogen and oxygen atoms in total. The first-order valence-corrected chi connectivity index (χ1v) is 8.79. The molecule has 0 fully saturated rings. The molecule has 0 spiro atoms. The molecule has 3 aromatic carbocycles. The molecule has 1 N–H and O–H groups in total. The molecule has 0 aliphatic carbocycles. The van der Waals surface area contributed by atoms with E-state index >= 15 is 0 Å². The number of nitrogens with one attached hydrogen (secondary N) is 1. The summed E-state index contributed by atoms with van der Waals surface area (Å²) in [5.41, 5.74) is 2.80. The van der Waals surface area contributed by atoms with Crippen LogP contribution in [0.25, 0.3) is 0 Å². The van der Waals surface area contributed by atoms with Gasteiger partial charge in [-0.15, -0.1) is 0 Å². The molecule has 0 aliphatic heterocycles. The third-order valence-electron chi connectivity index (χ3n) is 4.57. The van der Waals surface area contributed by atoms with Crippen molar-refractivity contribution in [1.29, 1.82) is 0 Å². The minimum atomic E-state index is -0.345. The fraction of sp³-hybridized carbons (Fsp3) is 0.174. The van der Waals surface area contributed by atoms with Crippen LogP contribution in [-0.2, 0) is 10.2 Å². The molecule has 0 radical (unpaired) electrons. The van der Waals surface area contributed by atoms with Gasteiger partial charge in [-0.25, -0.2) is 4.39 Å². The van der Waals surface area contributed by atoms with Crippen LogP contribution in [0.15, 0.2) is 78.9 Å². The van der Waals surface area contributed by atoms with E-state index in [0.29, 0.717) is 11.4 Å². The van der Waals surface area contributed by atoms with Gasteiger partial charge in [-0.2, -0.15) is 0 Å². The molecule has 138 valence electrons. The average molecular weight is 363 g/mol. The number of hydrogen-bond donors (Lipinski definition) is 1. The topological polar surface area (TPSA) is 38.3 Å². The molecular formula is C23H22FNO2. The molecule has 1 amide bonds. The lowest BCUT2D eigenvalue weighted by molar-refractivity contribution is -0.118. The van der Waals surface area contributed by atoms with Crippen molar-refractivity contribution in [3.63, 3.8) is 0 Å². The zero-order valence-corrected chi connectivity index (χ0v) is 15.4. The van der Waals surface area contributed by atoms with Crippen LogP contribution in [0.4, 0.5) is 10.1 Å². The third-order valence-corrected chi connectivity index (χ3v) is 4.57. The van der Waals surface area contributed by atoms with E-state index in [1.165, 1.54) is 29.8 Å². The van der Waals surface area contributed by atoms with Gasteiger partial charge in [0.05, 0.1) is 0 Å². The molecular weight excluding hydrogens is 341 g/mol. The smallest absolute Gasteiger partial charge is 0.262 e. The van der Waals surface area contributed by atoms with Crippen LogP contribution in [0.1, 0.15) is 25.0 Å². The SMILES string of the molecule is CC(C)(c1ccccc1)c1ccc(OCC(=O)Nc2ccc(F)cc2)cc1. The van der Waals surface area contributed by atoms with E-state index in [1.54, 1.807) is 0 Å². The number of carbonyl (C=O) groups is 1. The number of benzene rings is 3. The highest BCUT2D eigenvalue weighted by Crippen LogP contribution is 2.32. The van der Waals surface area contributed by atoms with Crippen molar-refractivity contribution in [3.8, 4) is 5.75 Å². The van der Waals surface area contributed by atoms with E-state index in [9.17, 15) is 9.18 Å². The quantitative estimate of drug-likeness (QED) is 0.656. The summed E-state index contributed by atoms with van der Waals surface area (Å²) < 4.78 is 18.4. The second-order valence-corrected chi connectivity index (χ2v) is 6.86. The van der Waals surface area contributed by atoms with Gasteiger partial charge in [-0.1, -0.05) is 56.3 Å². The first-order valence-electron chi connectivity index (χ1n) is 8.79. The van der Waals surface area contributed by atoms with Gasteiger partial charge in [0.2, 0.25) is 0 Å². The van der Waals surface area contributed by atoms with Crippen LogP contribution in [-0.4, -0.2) is 12.5 Å². The summed E-state index contributed by atoms with van der Waals surface area (Å²) in [6.07, 6.45) is 0. The Morgan fingerprint density at radius 1 is 0.889 bits per heavy atom. The maximum Gasteiger partial charge on any atom is 0.262 e. The molecule has 0 saturated heterocycles. The van der Waals surface area contributed by atoms with Gasteiger partial charge in [0.15, 0.2) is 6.61 Å². The van der Waals surface area contributed by atoms with E-state index in [2.05, 4.69) is 31.3 Å². The number of rotatable bonds is 6. The Morgan fingerprint density at radius 3 is 2.11 bits per heavy atom. The molecule has 3 rings (SSSR count). The summed E-state index contributed by atoms with van der Waals surface area (Å²) in [6.45, 7) is 4.24. The van der Waals surface area contributed by atoms with Crippen LogP contribution in [0.5, 0.6) is 5.75 Å². The fourth-order valence-electron chi connectivity index (χ4n) is 2.87. The fourth-order valence-corrected chi connectivity index (χ4v) is 2.87. The number of carbonyl (C=O) groups excluding carboxylic acids is 1. The Balaban J connectivity index is 1.59. The maximum atomic E-state index is 12.9. The minimum Gasteiger partial charge on any atom is -0.484 e. The highest BCUT2D eigenvalue weighted by Gasteiger charge is 2.22. The molecule has 3 aromatic rings. The molecule has 0 heterocycles. The number of halogens is 1. The van der Waals surface area contributed by atoms with E-state index in [-0.39, 0.29) is 23.7 Å². The number of amides is 1. The molecule has 0 bridgehead atoms. The van der Waals surface area contributed by atoms with Gasteiger partial charge >= 0.3 is 0 Å². The standard InChI is InChI=1S/C23H22FNO2/c1-23(2,17-6-4-3-5-7-17)18-8-14-21(15-9-18)27-16-22(26)25-20-12-10-19(24)11-13-20/h3-15H,16H2,1-2H3,(H,25,26). The minimum absolute atomic E-state index is 0.112. The van der Waals surface area contributed by atoms with Gasteiger partial charge in [0.25, 0.3) is 5.91 Å². The molecule has 27 heavy (non-hydrogen) atoms. The second kappa shape index (κ2) is 8.04. The van der Waals surface area contributed by atoms with Gasteiger partial charge in [0.1, 0.15) is 11.6 Å². The van der Waals surface area contributed by atoms with Crippen LogP contribution in [0, 0.1) is 5.82 Å². The summed E-state index contributed by atoms with van der Waals surface area (Å²) in [5.74, 6) is -0.0186. The van der Waals surface area contributed by atoms with Crippen LogP contribution in [0.2, 0.25) is 0 Å². The number of ether oxygens (including phenoxy) is 1. The van der Waals surface area contributed by atoms with Gasteiger partial charge in [0, 0.05) is 11.1 Å². The molecule has 0 unspecified atom stereocenters. The lowest BCUT2D eigenvalue weighted by Gasteiger charge is -2.26. The van der Waals surface area contributed by atoms with E-state index in [0.717, 1.165) is 5.56 Å². The average Bonchev–Trinajstić information content (AvgIpc) is 2.69. The van der Waals surface area contributed by atoms with Crippen molar-refractivity contribution in [2.75, 3.05) is 11.9 Å². The van der Waals surface area contributed by atoms with Crippen molar-refractivity contribution in [3.05, 3.63) is 95.8 Å². The van der Waals surface area contributed by atoms with Crippen LogP contribution >= 0.6 is 0 Å². The lowest BCUT2D eigenvalue weighted by atomic mass is 9.78. The van der Waals surface area contributed by atoms with Crippen molar-refractivity contribution in [2.45, 2.75) is 19.3 Å². The Morgan fingerprint density at radius 2 is 1.48 bits per heavy atom. The molecule has 0 aliphatic rings. The van der Waals surface area contributed by atoms with Gasteiger partial charge in [-0.3, -0.25) is 4.79 Å². The Labute approximate surface area is 158 Å². The molecule has 0 saturated carbocycles. The zero-order valence-electron chi connectivity index (χ0n) is 15.4. The number of anilines is 1. The van der Waals surface area contributed by atoms with Crippen molar-refractivity contribution in [1.82, 2.24) is 0 Å².